The molecule has 0 N–H and O–H groups in total. The van der Waals surface area contributed by atoms with E-state index >= 15 is 4.39 Å². The maximum Gasteiger partial charge on any atom is 0.303 e. The molecule has 1 spiro atoms. The topological polar surface area (TPSA) is 99.3 Å². The second-order valence-electron chi connectivity index (χ2n) is 11.5. The summed E-state index contributed by atoms with van der Waals surface area (Å²) in [7, 11) is 0. The lowest BCUT2D eigenvalue weighted by molar-refractivity contribution is -0.194. The van der Waals surface area contributed by atoms with E-state index in [9.17, 15) is 19.2 Å². The summed E-state index contributed by atoms with van der Waals surface area (Å²) in [6.07, 6.45) is 2.19. The summed E-state index contributed by atoms with van der Waals surface area (Å²) in [5.41, 5.74) is -2.88. The smallest absolute Gasteiger partial charge is 0.303 e. The molecular weight excluding hydrogens is 443 g/mol. The Morgan fingerprint density at radius 2 is 1.85 bits per heavy atom. The van der Waals surface area contributed by atoms with Crippen molar-refractivity contribution in [2.75, 3.05) is 6.61 Å². The van der Waals surface area contributed by atoms with Crippen LogP contribution in [0.1, 0.15) is 66.7 Å². The van der Waals surface area contributed by atoms with Gasteiger partial charge in [0.15, 0.2) is 18.0 Å². The fourth-order valence-corrected chi connectivity index (χ4v) is 8.69. The van der Waals surface area contributed by atoms with Crippen molar-refractivity contribution >= 4 is 23.5 Å². The average molecular weight is 477 g/mol. The number of hydrogen-bond acceptors (Lipinski definition) is 7. The standard InChI is InChI=1S/C26H33FO7/c1-13-8-17-18-10-20(27)19-9-16(30)6-7-23(19,4)26(18)22(34-26)11-24(17,5)25(13,33-15(3)29)21(31)12-32-14(2)28/h9,13,17-18,20,22H,6-8,10-12H2,1-5H3/t13-,17-,18-,20-,22-,23-,24-,25-,26+/m0/s1. The number of hydrogen-bond donors (Lipinski definition) is 0. The van der Waals surface area contributed by atoms with Gasteiger partial charge in [-0.1, -0.05) is 20.8 Å². The lowest BCUT2D eigenvalue weighted by Crippen LogP contribution is -2.65. The molecule has 186 valence electrons. The van der Waals surface area contributed by atoms with Gasteiger partial charge in [-0.2, -0.15) is 0 Å². The lowest BCUT2D eigenvalue weighted by Gasteiger charge is -2.57. The van der Waals surface area contributed by atoms with Gasteiger partial charge in [0.1, 0.15) is 11.8 Å². The van der Waals surface area contributed by atoms with Gasteiger partial charge in [0.25, 0.3) is 0 Å². The predicted octanol–water partition coefficient (Wildman–Crippen LogP) is 3.28. The number of ketones is 2. The molecule has 1 heterocycles. The zero-order chi connectivity index (χ0) is 24.8. The van der Waals surface area contributed by atoms with Crippen molar-refractivity contribution in [1.29, 1.82) is 0 Å². The van der Waals surface area contributed by atoms with E-state index in [-0.39, 0.29) is 36.1 Å². The highest BCUT2D eigenvalue weighted by atomic mass is 19.1. The van der Waals surface area contributed by atoms with Gasteiger partial charge in [0, 0.05) is 37.0 Å². The molecule has 34 heavy (non-hydrogen) atoms. The molecule has 7 nitrogen and oxygen atoms in total. The molecule has 8 heteroatoms. The number of halogens is 1. The van der Waals surface area contributed by atoms with E-state index in [0.29, 0.717) is 31.3 Å². The molecule has 0 amide bonds. The zero-order valence-corrected chi connectivity index (χ0v) is 20.4. The summed E-state index contributed by atoms with van der Waals surface area (Å²) in [5.74, 6) is -2.28. The fraction of sp³-hybridized carbons (Fsp3) is 0.769. The highest BCUT2D eigenvalue weighted by molar-refractivity contribution is 5.94. The number of rotatable bonds is 4. The maximum absolute atomic E-state index is 15.7. The van der Waals surface area contributed by atoms with Crippen LogP contribution in [0.2, 0.25) is 0 Å². The Balaban J connectivity index is 1.59. The van der Waals surface area contributed by atoms with E-state index in [1.165, 1.54) is 19.9 Å². The largest absolute Gasteiger partial charge is 0.458 e. The normalized spacial score (nSPS) is 48.5. The van der Waals surface area contributed by atoms with Gasteiger partial charge < -0.3 is 14.2 Å². The Morgan fingerprint density at radius 3 is 2.50 bits per heavy atom. The summed E-state index contributed by atoms with van der Waals surface area (Å²) < 4.78 is 33.1. The number of esters is 2. The van der Waals surface area contributed by atoms with Gasteiger partial charge >= 0.3 is 11.9 Å². The Morgan fingerprint density at radius 1 is 1.15 bits per heavy atom. The molecule has 4 aliphatic carbocycles. The highest BCUT2D eigenvalue weighted by Gasteiger charge is 2.84. The first-order valence-corrected chi connectivity index (χ1v) is 12.3. The molecule has 1 saturated heterocycles. The first-order valence-electron chi connectivity index (χ1n) is 12.3. The van der Waals surface area contributed by atoms with E-state index in [0.717, 1.165) is 0 Å². The van der Waals surface area contributed by atoms with Crippen LogP contribution in [0.15, 0.2) is 11.6 Å². The molecule has 1 aliphatic heterocycles. The molecular formula is C26H33FO7. The Hall–Kier alpha value is -2.09. The maximum atomic E-state index is 15.7. The van der Waals surface area contributed by atoms with E-state index < -0.39 is 52.5 Å². The molecule has 0 unspecified atom stereocenters. The quantitative estimate of drug-likeness (QED) is 0.454. The van der Waals surface area contributed by atoms with Crippen molar-refractivity contribution in [2.24, 2.45) is 28.6 Å². The van der Waals surface area contributed by atoms with Gasteiger partial charge in [-0.15, -0.1) is 0 Å². The van der Waals surface area contributed by atoms with E-state index in [1.807, 2.05) is 20.8 Å². The molecule has 0 aromatic heterocycles. The Kier molecular flexibility index (Phi) is 5.02. The van der Waals surface area contributed by atoms with Crippen molar-refractivity contribution in [3.05, 3.63) is 11.6 Å². The predicted molar refractivity (Wildman–Crippen MR) is 117 cm³/mol. The summed E-state index contributed by atoms with van der Waals surface area (Å²) in [6.45, 7) is 7.89. The minimum absolute atomic E-state index is 0.0396. The van der Waals surface area contributed by atoms with E-state index in [2.05, 4.69) is 0 Å². The van der Waals surface area contributed by atoms with Crippen LogP contribution in [-0.4, -0.2) is 53.6 Å². The first kappa shape index (κ1) is 23.6. The SMILES string of the molecule is CC(=O)OCC(=O)[C@@]1(OC(C)=O)[C@@H](C)C[C@H]2[C@@H]3C[C@H](F)C4=CC(=O)CC[C@]4(C)[C@@]34O[C@H]4C[C@@]21C. The molecule has 9 atom stereocenters. The van der Waals surface area contributed by atoms with Gasteiger partial charge in [0.2, 0.25) is 5.78 Å². The van der Waals surface area contributed by atoms with Crippen molar-refractivity contribution in [2.45, 2.75) is 90.2 Å². The second kappa shape index (κ2) is 7.21. The number of carbonyl (C=O) groups is 4. The summed E-state index contributed by atoms with van der Waals surface area (Å²) >= 11 is 0. The number of alkyl halides is 1. The molecule has 5 aliphatic rings. The summed E-state index contributed by atoms with van der Waals surface area (Å²) in [6, 6.07) is 0. The summed E-state index contributed by atoms with van der Waals surface area (Å²) in [4.78, 5) is 49.5. The highest BCUT2D eigenvalue weighted by Crippen LogP contribution is 2.77. The third-order valence-corrected chi connectivity index (χ3v) is 9.98. The molecule has 4 fully saturated rings. The first-order chi connectivity index (χ1) is 15.8. The van der Waals surface area contributed by atoms with E-state index in [1.54, 1.807) is 0 Å². The van der Waals surface area contributed by atoms with Crippen LogP contribution in [0.3, 0.4) is 0 Å². The molecule has 0 radical (unpaired) electrons. The van der Waals surface area contributed by atoms with Crippen LogP contribution in [0.4, 0.5) is 4.39 Å². The van der Waals surface area contributed by atoms with Crippen molar-refractivity contribution in [3.8, 4) is 0 Å². The number of carbonyl (C=O) groups excluding carboxylic acids is 4. The molecule has 0 aromatic carbocycles. The van der Waals surface area contributed by atoms with Gasteiger partial charge in [-0.25, -0.2) is 4.39 Å². The average Bonchev–Trinajstić information content (AvgIpc) is 3.42. The molecule has 3 saturated carbocycles. The minimum Gasteiger partial charge on any atom is -0.458 e. The van der Waals surface area contributed by atoms with Gasteiger partial charge in [-0.05, 0) is 49.2 Å². The van der Waals surface area contributed by atoms with Crippen LogP contribution in [-0.2, 0) is 33.4 Å². The van der Waals surface area contributed by atoms with Crippen molar-refractivity contribution in [1.82, 2.24) is 0 Å². The Bertz CT molecular complexity index is 1020. The lowest BCUT2D eigenvalue weighted by atomic mass is 9.45. The van der Waals surface area contributed by atoms with Gasteiger partial charge in [-0.3, -0.25) is 19.2 Å². The van der Waals surface area contributed by atoms with Crippen LogP contribution >= 0.6 is 0 Å². The summed E-state index contributed by atoms with van der Waals surface area (Å²) in [5, 5.41) is 0. The second-order valence-corrected chi connectivity index (χ2v) is 11.5. The molecule has 0 aromatic rings. The third kappa shape index (κ3) is 2.72. The van der Waals surface area contributed by atoms with Gasteiger partial charge in [0.05, 0.1) is 6.10 Å². The van der Waals surface area contributed by atoms with Crippen LogP contribution in [0.5, 0.6) is 0 Å². The fourth-order valence-electron chi connectivity index (χ4n) is 8.69. The van der Waals surface area contributed by atoms with E-state index in [4.69, 9.17) is 14.2 Å². The number of epoxide rings is 1. The Labute approximate surface area is 198 Å². The van der Waals surface area contributed by atoms with Crippen molar-refractivity contribution < 1.29 is 37.8 Å². The number of Topliss-reactive ketones (excluding diaryl/α,β-unsaturated/α-hetero) is 1. The van der Waals surface area contributed by atoms with Crippen LogP contribution in [0.25, 0.3) is 0 Å². The van der Waals surface area contributed by atoms with Crippen LogP contribution in [0, 0.1) is 28.6 Å². The third-order valence-electron chi connectivity index (χ3n) is 9.98. The molecule has 0 bridgehead atoms. The molecule has 5 rings (SSSR count). The zero-order valence-electron chi connectivity index (χ0n) is 20.4. The van der Waals surface area contributed by atoms with Crippen molar-refractivity contribution in [3.63, 3.8) is 0 Å². The monoisotopic (exact) mass is 476 g/mol. The van der Waals surface area contributed by atoms with Crippen LogP contribution < -0.4 is 0 Å². The minimum atomic E-state index is -1.48. The number of fused-ring (bicyclic) bond motifs is 3. The number of ether oxygens (including phenoxy) is 3.